The number of amides is 1. The number of halogens is 1. The third-order valence-corrected chi connectivity index (χ3v) is 4.61. The van der Waals surface area contributed by atoms with Gasteiger partial charge in [0.2, 0.25) is 0 Å². The lowest BCUT2D eigenvalue weighted by Crippen LogP contribution is -2.51. The average molecular weight is 411 g/mol. The summed E-state index contributed by atoms with van der Waals surface area (Å²) < 4.78 is 13.2. The molecular weight excluding hydrogens is 384 g/mol. The number of nitrogens with two attached hydrogens (primary N) is 2. The summed E-state index contributed by atoms with van der Waals surface area (Å²) in [5.74, 6) is 0.957. The largest absolute Gasteiger partial charge is 0.485 e. The number of carbonyl (C=O) groups is 1. The molecule has 4 N–H and O–H groups in total. The van der Waals surface area contributed by atoms with Crippen LogP contribution in [0.5, 0.6) is 5.75 Å². The first kappa shape index (κ1) is 20.2. The minimum atomic E-state index is -0.627. The van der Waals surface area contributed by atoms with Crippen molar-refractivity contribution in [2.24, 2.45) is 18.5 Å². The van der Waals surface area contributed by atoms with E-state index in [9.17, 15) is 4.79 Å². The highest BCUT2D eigenvalue weighted by atomic mass is 35.5. The lowest BCUT2D eigenvalue weighted by Gasteiger charge is -2.39. The van der Waals surface area contributed by atoms with E-state index in [1.165, 1.54) is 4.90 Å². The molecular formula is C18H27ClN6O3. The Morgan fingerprint density at radius 1 is 1.39 bits per heavy atom. The van der Waals surface area contributed by atoms with Gasteiger partial charge in [0.25, 0.3) is 0 Å². The van der Waals surface area contributed by atoms with Gasteiger partial charge in [-0.05, 0) is 26.8 Å². The summed E-state index contributed by atoms with van der Waals surface area (Å²) in [6, 6.07) is 0.00348. The van der Waals surface area contributed by atoms with Crippen molar-refractivity contribution in [1.82, 2.24) is 19.6 Å². The monoisotopic (exact) mass is 410 g/mol. The molecule has 9 nitrogen and oxygen atoms in total. The summed E-state index contributed by atoms with van der Waals surface area (Å²) in [4.78, 5) is 16.2. The van der Waals surface area contributed by atoms with Crippen molar-refractivity contribution in [3.63, 3.8) is 0 Å². The van der Waals surface area contributed by atoms with Crippen molar-refractivity contribution in [3.05, 3.63) is 35.1 Å². The normalized spacial score (nSPS) is 23.1. The third kappa shape index (κ3) is 4.46. The number of aromatic nitrogens is 2. The van der Waals surface area contributed by atoms with Crippen LogP contribution in [0.25, 0.3) is 0 Å². The van der Waals surface area contributed by atoms with E-state index < -0.39 is 11.7 Å². The van der Waals surface area contributed by atoms with Crippen molar-refractivity contribution in [2.45, 2.75) is 44.9 Å². The number of rotatable bonds is 3. The zero-order chi connectivity index (χ0) is 20.6. The molecule has 0 spiro atoms. The number of aryl methyl sites for hydroxylation is 1. The molecule has 0 radical (unpaired) electrons. The van der Waals surface area contributed by atoms with E-state index in [1.807, 2.05) is 34.0 Å². The summed E-state index contributed by atoms with van der Waals surface area (Å²) >= 11 is 5.92. The smallest absolute Gasteiger partial charge is 0.416 e. The number of hydrogen-bond acceptors (Lipinski definition) is 7. The Morgan fingerprint density at radius 3 is 2.68 bits per heavy atom. The zero-order valence-corrected chi connectivity index (χ0v) is 17.3. The highest BCUT2D eigenvalue weighted by molar-refractivity contribution is 6.29. The van der Waals surface area contributed by atoms with Gasteiger partial charge in [0.05, 0.1) is 37.2 Å². The molecule has 1 aromatic heterocycles. The van der Waals surface area contributed by atoms with Crippen LogP contribution in [-0.2, 0) is 11.8 Å². The molecule has 0 saturated carbocycles. The maximum absolute atomic E-state index is 12.7. The Kier molecular flexibility index (Phi) is 5.38. The number of nitrogens with zero attached hydrogens (tertiary/aromatic N) is 4. The maximum Gasteiger partial charge on any atom is 0.416 e. The molecule has 3 heterocycles. The second-order valence-electron chi connectivity index (χ2n) is 8.02. The number of fused-ring (bicyclic) bond motifs is 1. The third-order valence-electron chi connectivity index (χ3n) is 4.50. The van der Waals surface area contributed by atoms with E-state index >= 15 is 0 Å². The Bertz CT molecular complexity index is 808. The van der Waals surface area contributed by atoms with Crippen LogP contribution < -0.4 is 16.2 Å². The van der Waals surface area contributed by atoms with Crippen LogP contribution in [0.1, 0.15) is 27.2 Å². The Labute approximate surface area is 169 Å². The summed E-state index contributed by atoms with van der Waals surface area (Å²) in [7, 11) is 1.83. The van der Waals surface area contributed by atoms with Gasteiger partial charge >= 0.3 is 6.09 Å². The van der Waals surface area contributed by atoms with Gasteiger partial charge in [-0.1, -0.05) is 11.6 Å². The number of carbonyl (C=O) groups excluding carboxylic acids is 1. The SMILES string of the molecule is Cn1cc(OC2CC3CN(C(=O)OC(C)(C)C)C(N)=C(/C=C(\N)Cl)N3C2)cn1. The number of hydrogen-bond donors (Lipinski definition) is 2. The van der Waals surface area contributed by atoms with Crippen LogP contribution in [0.3, 0.4) is 0 Å². The quantitative estimate of drug-likeness (QED) is 0.728. The van der Waals surface area contributed by atoms with Gasteiger partial charge in [-0.15, -0.1) is 0 Å². The maximum atomic E-state index is 12.7. The van der Waals surface area contributed by atoms with E-state index in [1.54, 1.807) is 17.0 Å². The van der Waals surface area contributed by atoms with E-state index in [4.69, 9.17) is 32.5 Å². The fraction of sp³-hybridized carbons (Fsp3) is 0.556. The van der Waals surface area contributed by atoms with Crippen molar-refractivity contribution in [1.29, 1.82) is 0 Å². The van der Waals surface area contributed by atoms with E-state index in [0.29, 0.717) is 31.0 Å². The predicted molar refractivity (Wildman–Crippen MR) is 105 cm³/mol. The van der Waals surface area contributed by atoms with E-state index in [2.05, 4.69) is 10.00 Å². The first-order valence-electron chi connectivity index (χ1n) is 9.08. The second kappa shape index (κ2) is 7.46. The van der Waals surface area contributed by atoms with Gasteiger partial charge in [0.1, 0.15) is 22.7 Å². The topological polar surface area (TPSA) is 112 Å². The molecule has 3 rings (SSSR count). The first-order chi connectivity index (χ1) is 13.0. The van der Waals surface area contributed by atoms with Crippen LogP contribution in [0.4, 0.5) is 4.79 Å². The Hall–Kier alpha value is -2.55. The first-order valence-corrected chi connectivity index (χ1v) is 9.46. The van der Waals surface area contributed by atoms with Gasteiger partial charge in [0, 0.05) is 13.5 Å². The highest BCUT2D eigenvalue weighted by Crippen LogP contribution is 2.33. The van der Waals surface area contributed by atoms with Crippen molar-refractivity contribution in [3.8, 4) is 5.75 Å². The fourth-order valence-corrected chi connectivity index (χ4v) is 3.55. The number of ether oxygens (including phenoxy) is 2. The fourth-order valence-electron chi connectivity index (χ4n) is 3.45. The number of allylic oxidation sites excluding steroid dienone is 1. The van der Waals surface area contributed by atoms with E-state index in [-0.39, 0.29) is 23.1 Å². The van der Waals surface area contributed by atoms with E-state index in [0.717, 1.165) is 0 Å². The van der Waals surface area contributed by atoms with Gasteiger partial charge in [-0.2, -0.15) is 5.10 Å². The summed E-state index contributed by atoms with van der Waals surface area (Å²) in [5.41, 5.74) is 11.9. The molecule has 2 atom stereocenters. The van der Waals surface area contributed by atoms with Gasteiger partial charge in [-0.3, -0.25) is 9.58 Å². The van der Waals surface area contributed by atoms with Crippen LogP contribution in [0, 0.1) is 0 Å². The molecule has 1 aromatic rings. The molecule has 154 valence electrons. The zero-order valence-electron chi connectivity index (χ0n) is 16.6. The molecule has 0 bridgehead atoms. The van der Waals surface area contributed by atoms with Gasteiger partial charge in [-0.25, -0.2) is 4.79 Å². The molecule has 2 aliphatic rings. The standard InChI is InChI=1S/C18H27ClN6O3/c1-18(2,3)28-17(26)25-8-11-5-12(27-13-7-22-23(4)9-13)10-24(11)14(16(25)21)6-15(19)20/h6-7,9,11-12H,5,8,10,20-21H2,1-4H3/b15-6-. The minimum absolute atomic E-state index is 0.00348. The molecule has 10 heteroatoms. The van der Waals surface area contributed by atoms with Crippen LogP contribution in [0.15, 0.2) is 35.1 Å². The lowest BCUT2D eigenvalue weighted by molar-refractivity contribution is 0.0243. The summed E-state index contributed by atoms with van der Waals surface area (Å²) in [6.07, 6.45) is 5.17. The molecule has 2 unspecified atom stereocenters. The minimum Gasteiger partial charge on any atom is -0.485 e. The predicted octanol–water partition coefficient (Wildman–Crippen LogP) is 1.66. The molecule has 1 amide bonds. The summed E-state index contributed by atoms with van der Waals surface area (Å²) in [5, 5.41) is 4.20. The van der Waals surface area contributed by atoms with Gasteiger partial charge < -0.3 is 25.8 Å². The molecule has 0 aliphatic carbocycles. The second-order valence-corrected chi connectivity index (χ2v) is 8.46. The molecule has 28 heavy (non-hydrogen) atoms. The van der Waals surface area contributed by atoms with Crippen LogP contribution in [0.2, 0.25) is 0 Å². The molecule has 1 fully saturated rings. The molecule has 1 saturated heterocycles. The van der Waals surface area contributed by atoms with Crippen LogP contribution >= 0.6 is 11.6 Å². The van der Waals surface area contributed by atoms with Gasteiger partial charge in [0.15, 0.2) is 5.75 Å². The Balaban J connectivity index is 1.83. The molecule has 0 aromatic carbocycles. The highest BCUT2D eigenvalue weighted by Gasteiger charge is 2.42. The van der Waals surface area contributed by atoms with Crippen molar-refractivity contribution >= 4 is 17.7 Å². The lowest BCUT2D eigenvalue weighted by atomic mass is 10.1. The average Bonchev–Trinajstić information content (AvgIpc) is 3.14. The van der Waals surface area contributed by atoms with Crippen molar-refractivity contribution < 1.29 is 14.3 Å². The summed E-state index contributed by atoms with van der Waals surface area (Å²) in [6.45, 7) is 6.43. The Morgan fingerprint density at radius 2 is 2.11 bits per heavy atom. The molecule has 2 aliphatic heterocycles. The van der Waals surface area contributed by atoms with Crippen LogP contribution in [-0.4, -0.2) is 56.5 Å². The van der Waals surface area contributed by atoms with Crippen molar-refractivity contribution in [2.75, 3.05) is 13.1 Å².